The maximum absolute atomic E-state index is 13.6. The molecule has 1 unspecified atom stereocenters. The van der Waals surface area contributed by atoms with Crippen molar-refractivity contribution in [2.75, 3.05) is 5.32 Å². The summed E-state index contributed by atoms with van der Waals surface area (Å²) in [5.41, 5.74) is 4.20. The van der Waals surface area contributed by atoms with E-state index >= 15 is 0 Å². The van der Waals surface area contributed by atoms with E-state index in [1.165, 1.54) is 6.33 Å². The number of Topliss-reactive ketones (excluding diaryl/α,β-unsaturated/α-hetero) is 1. The number of fused-ring (bicyclic) bond motifs is 1. The highest BCUT2D eigenvalue weighted by Crippen LogP contribution is 2.28. The summed E-state index contributed by atoms with van der Waals surface area (Å²) in [6, 6.07) is 24.8. The molecule has 0 saturated heterocycles. The second-order valence-electron chi connectivity index (χ2n) is 6.99. The molecular weight excluding hydrogens is 374 g/mol. The number of anilines is 1. The summed E-state index contributed by atoms with van der Waals surface area (Å²) in [4.78, 5) is 20.8. The first kappa shape index (κ1) is 17.9. The van der Waals surface area contributed by atoms with Gasteiger partial charge >= 0.3 is 0 Å². The molecule has 0 aliphatic heterocycles. The van der Waals surface area contributed by atoms with Crippen molar-refractivity contribution in [3.8, 4) is 5.69 Å². The Morgan fingerprint density at radius 2 is 1.80 bits per heavy atom. The minimum absolute atomic E-state index is 0.00445. The molecule has 0 saturated carbocycles. The van der Waals surface area contributed by atoms with E-state index in [2.05, 4.69) is 20.4 Å². The Morgan fingerprint density at radius 1 is 0.967 bits per heavy atom. The number of nitrogens with zero attached hydrogens (tertiary/aromatic N) is 3. The lowest BCUT2D eigenvalue weighted by atomic mass is 9.96. The number of carbonyl (C=O) groups excluding carboxylic acids is 1. The lowest BCUT2D eigenvalue weighted by Gasteiger charge is -2.20. The summed E-state index contributed by atoms with van der Waals surface area (Å²) in [6.45, 7) is 0. The highest BCUT2D eigenvalue weighted by atomic mass is 16.1. The molecule has 2 N–H and O–H groups in total. The lowest BCUT2D eigenvalue weighted by molar-refractivity contribution is 0.0971. The summed E-state index contributed by atoms with van der Waals surface area (Å²) < 4.78 is 1.68. The molecule has 2 heterocycles. The maximum Gasteiger partial charge on any atom is 0.191 e. The van der Waals surface area contributed by atoms with Crippen molar-refractivity contribution >= 4 is 22.4 Å². The monoisotopic (exact) mass is 393 g/mol. The van der Waals surface area contributed by atoms with Gasteiger partial charge in [0.05, 0.1) is 5.69 Å². The van der Waals surface area contributed by atoms with Crippen molar-refractivity contribution in [3.05, 3.63) is 109 Å². The third-order valence-corrected chi connectivity index (χ3v) is 5.09. The number of aromatic amines is 1. The Bertz CT molecular complexity index is 1290. The molecule has 5 rings (SSSR count). The topological polar surface area (TPSA) is 75.6 Å². The molecule has 0 fully saturated rings. The molecule has 5 aromatic rings. The summed E-state index contributed by atoms with van der Waals surface area (Å²) in [5, 5.41) is 8.53. The number of hydrogen-bond acceptors (Lipinski definition) is 4. The van der Waals surface area contributed by atoms with Crippen LogP contribution in [0.3, 0.4) is 0 Å². The molecule has 0 spiro atoms. The van der Waals surface area contributed by atoms with Gasteiger partial charge in [0, 0.05) is 28.4 Å². The second kappa shape index (κ2) is 7.67. The average Bonchev–Trinajstić information content (AvgIpc) is 3.48. The molecule has 30 heavy (non-hydrogen) atoms. The van der Waals surface area contributed by atoms with E-state index in [1.54, 1.807) is 17.2 Å². The Kier molecular flexibility index (Phi) is 4.57. The molecule has 146 valence electrons. The average molecular weight is 393 g/mol. The second-order valence-corrected chi connectivity index (χ2v) is 6.99. The van der Waals surface area contributed by atoms with Crippen LogP contribution in [0.5, 0.6) is 0 Å². The highest BCUT2D eigenvalue weighted by Gasteiger charge is 2.24. The molecule has 0 bridgehead atoms. The van der Waals surface area contributed by atoms with E-state index in [-0.39, 0.29) is 5.78 Å². The van der Waals surface area contributed by atoms with Gasteiger partial charge in [-0.2, -0.15) is 5.10 Å². The number of H-pyrrole nitrogens is 1. The Morgan fingerprint density at radius 3 is 2.63 bits per heavy atom. The van der Waals surface area contributed by atoms with Crippen molar-refractivity contribution in [1.29, 1.82) is 0 Å². The Balaban J connectivity index is 1.53. The largest absolute Gasteiger partial charge is 0.371 e. The molecule has 0 aliphatic carbocycles. The zero-order valence-electron chi connectivity index (χ0n) is 16.1. The van der Waals surface area contributed by atoms with Gasteiger partial charge in [0.2, 0.25) is 0 Å². The zero-order chi connectivity index (χ0) is 20.3. The van der Waals surface area contributed by atoms with Crippen molar-refractivity contribution in [3.63, 3.8) is 0 Å². The standard InChI is InChI=1S/C24H19N5O/c30-24(21-14-26-22-12-5-4-11-20(21)22)23(17-7-2-1-3-8-17)28-18-9-6-10-19(13-18)29-16-25-15-27-29/h1-16,23,26,28H. The molecule has 6 nitrogen and oxygen atoms in total. The third kappa shape index (κ3) is 3.35. The summed E-state index contributed by atoms with van der Waals surface area (Å²) >= 11 is 0. The van der Waals surface area contributed by atoms with E-state index in [0.717, 1.165) is 27.8 Å². The van der Waals surface area contributed by atoms with Gasteiger partial charge in [-0.3, -0.25) is 4.79 Å². The number of carbonyl (C=O) groups is 1. The van der Waals surface area contributed by atoms with E-state index in [1.807, 2.05) is 78.9 Å². The van der Waals surface area contributed by atoms with Crippen LogP contribution in [0.4, 0.5) is 5.69 Å². The zero-order valence-corrected chi connectivity index (χ0v) is 16.1. The fraction of sp³-hybridized carbons (Fsp3) is 0.0417. The fourth-order valence-electron chi connectivity index (χ4n) is 3.62. The van der Waals surface area contributed by atoms with Gasteiger partial charge < -0.3 is 10.3 Å². The predicted octanol–water partition coefficient (Wildman–Crippen LogP) is 4.78. The van der Waals surface area contributed by atoms with Gasteiger partial charge in [-0.1, -0.05) is 54.6 Å². The van der Waals surface area contributed by atoms with Gasteiger partial charge in [0.15, 0.2) is 5.78 Å². The minimum Gasteiger partial charge on any atom is -0.371 e. The van der Waals surface area contributed by atoms with Crippen molar-refractivity contribution in [2.45, 2.75) is 6.04 Å². The number of benzene rings is 3. The lowest BCUT2D eigenvalue weighted by Crippen LogP contribution is -2.21. The van der Waals surface area contributed by atoms with E-state index < -0.39 is 6.04 Å². The first-order valence-electron chi connectivity index (χ1n) is 9.66. The first-order chi connectivity index (χ1) is 14.8. The molecule has 0 aliphatic rings. The van der Waals surface area contributed by atoms with Crippen molar-refractivity contribution in [2.24, 2.45) is 0 Å². The van der Waals surface area contributed by atoms with Crippen LogP contribution in [0.2, 0.25) is 0 Å². The Labute approximate surface area is 173 Å². The van der Waals surface area contributed by atoms with Crippen LogP contribution in [0.1, 0.15) is 22.0 Å². The Hall–Kier alpha value is -4.19. The molecule has 0 radical (unpaired) electrons. The number of aromatic nitrogens is 4. The van der Waals surface area contributed by atoms with E-state index in [9.17, 15) is 4.79 Å². The van der Waals surface area contributed by atoms with Crippen LogP contribution < -0.4 is 5.32 Å². The molecule has 3 aromatic carbocycles. The fourth-order valence-corrected chi connectivity index (χ4v) is 3.62. The van der Waals surface area contributed by atoms with Crippen LogP contribution in [-0.2, 0) is 0 Å². The van der Waals surface area contributed by atoms with Gasteiger partial charge in [-0.15, -0.1) is 0 Å². The highest BCUT2D eigenvalue weighted by molar-refractivity contribution is 6.11. The quantitative estimate of drug-likeness (QED) is 0.407. The number of para-hydroxylation sites is 1. The van der Waals surface area contributed by atoms with E-state index in [0.29, 0.717) is 5.56 Å². The predicted molar refractivity (Wildman–Crippen MR) is 117 cm³/mol. The molecular formula is C24H19N5O. The number of hydrogen-bond donors (Lipinski definition) is 2. The molecule has 2 aromatic heterocycles. The normalized spacial score (nSPS) is 12.0. The van der Waals surface area contributed by atoms with Crippen LogP contribution in [-0.4, -0.2) is 25.5 Å². The SMILES string of the molecule is O=C(c1c[nH]c2ccccc12)C(Nc1cccc(-n2cncn2)c1)c1ccccc1. The van der Waals surface area contributed by atoms with E-state index in [4.69, 9.17) is 0 Å². The number of rotatable bonds is 6. The van der Waals surface area contributed by atoms with Gasteiger partial charge in [0.1, 0.15) is 18.7 Å². The number of nitrogens with one attached hydrogen (secondary N) is 2. The van der Waals surface area contributed by atoms with Gasteiger partial charge in [-0.25, -0.2) is 9.67 Å². The van der Waals surface area contributed by atoms with Crippen molar-refractivity contribution in [1.82, 2.24) is 19.7 Å². The van der Waals surface area contributed by atoms with Crippen molar-refractivity contribution < 1.29 is 4.79 Å². The first-order valence-corrected chi connectivity index (χ1v) is 9.66. The van der Waals surface area contributed by atoms with Gasteiger partial charge in [-0.05, 0) is 29.8 Å². The summed E-state index contributed by atoms with van der Waals surface area (Å²) in [6.07, 6.45) is 4.93. The molecule has 6 heteroatoms. The third-order valence-electron chi connectivity index (χ3n) is 5.09. The smallest absolute Gasteiger partial charge is 0.191 e. The summed E-state index contributed by atoms with van der Waals surface area (Å²) in [7, 11) is 0. The maximum atomic E-state index is 13.6. The van der Waals surface area contributed by atoms with Crippen LogP contribution >= 0.6 is 0 Å². The minimum atomic E-state index is -0.531. The van der Waals surface area contributed by atoms with Crippen LogP contribution in [0, 0.1) is 0 Å². The van der Waals surface area contributed by atoms with Crippen LogP contribution in [0.15, 0.2) is 97.7 Å². The molecule has 0 amide bonds. The number of ketones is 1. The summed E-state index contributed by atoms with van der Waals surface area (Å²) in [5.74, 6) is 0.00445. The molecule has 1 atom stereocenters. The van der Waals surface area contributed by atoms with Crippen LogP contribution in [0.25, 0.3) is 16.6 Å². The van der Waals surface area contributed by atoms with Gasteiger partial charge in [0.25, 0.3) is 0 Å².